The highest BCUT2D eigenvalue weighted by atomic mass is 16.2. The molecule has 1 saturated heterocycles. The lowest BCUT2D eigenvalue weighted by Crippen LogP contribution is -2.52. The number of hydrogen-bond donors (Lipinski definition) is 1. The van der Waals surface area contributed by atoms with E-state index in [1.54, 1.807) is 4.68 Å². The molecule has 0 aromatic carbocycles. The number of carbonyl (C=O) groups excluding carboxylic acids is 1. The molecule has 2 aromatic heterocycles. The predicted molar refractivity (Wildman–Crippen MR) is 95.9 cm³/mol. The van der Waals surface area contributed by atoms with Crippen molar-refractivity contribution in [2.45, 2.75) is 47.1 Å². The van der Waals surface area contributed by atoms with Crippen LogP contribution in [0.2, 0.25) is 0 Å². The Morgan fingerprint density at radius 3 is 2.56 bits per heavy atom. The Kier molecular flexibility index (Phi) is 4.85. The molecule has 0 radical (unpaired) electrons. The van der Waals surface area contributed by atoms with E-state index in [2.05, 4.69) is 27.3 Å². The normalized spacial score (nSPS) is 17.8. The minimum atomic E-state index is 0.154. The third-order valence-electron chi connectivity index (χ3n) is 4.75. The van der Waals surface area contributed by atoms with Crippen LogP contribution in [0, 0.1) is 27.7 Å². The largest absolute Gasteiger partial charge is 0.337 e. The first-order chi connectivity index (χ1) is 11.9. The van der Waals surface area contributed by atoms with Crippen molar-refractivity contribution in [2.75, 3.05) is 19.6 Å². The summed E-state index contributed by atoms with van der Waals surface area (Å²) >= 11 is 0. The first-order valence-corrected chi connectivity index (χ1v) is 8.74. The molecule has 0 spiro atoms. The van der Waals surface area contributed by atoms with Crippen LogP contribution in [0.3, 0.4) is 0 Å². The Morgan fingerprint density at radius 1 is 1.24 bits per heavy atom. The maximum atomic E-state index is 12.8. The molecule has 3 heterocycles. The molecule has 1 aliphatic heterocycles. The summed E-state index contributed by atoms with van der Waals surface area (Å²) in [4.78, 5) is 23.7. The molecule has 1 fully saturated rings. The van der Waals surface area contributed by atoms with E-state index in [4.69, 9.17) is 0 Å². The molecule has 25 heavy (non-hydrogen) atoms. The minimum absolute atomic E-state index is 0.154. The van der Waals surface area contributed by atoms with Gasteiger partial charge >= 0.3 is 0 Å². The number of hydrogen-bond acceptors (Lipinski definition) is 5. The van der Waals surface area contributed by atoms with Gasteiger partial charge in [-0.1, -0.05) is 0 Å². The zero-order valence-corrected chi connectivity index (χ0v) is 15.6. The van der Waals surface area contributed by atoms with Crippen LogP contribution in [0.1, 0.15) is 35.3 Å². The molecule has 0 aliphatic carbocycles. The molecule has 7 nitrogen and oxygen atoms in total. The Bertz CT molecular complexity index is 777. The van der Waals surface area contributed by atoms with E-state index in [0.717, 1.165) is 48.0 Å². The topological polar surface area (TPSA) is 75.9 Å². The molecule has 7 heteroatoms. The number of rotatable bonds is 3. The van der Waals surface area contributed by atoms with Gasteiger partial charge in [-0.05, 0) is 40.7 Å². The molecular formula is C18H26N6O. The van der Waals surface area contributed by atoms with Gasteiger partial charge in [-0.2, -0.15) is 5.10 Å². The highest BCUT2D eigenvalue weighted by Gasteiger charge is 2.25. The number of carbonyl (C=O) groups is 1. The summed E-state index contributed by atoms with van der Waals surface area (Å²) in [6.07, 6.45) is 0.368. The maximum Gasteiger partial charge on any atom is 0.251 e. The second-order valence-corrected chi connectivity index (χ2v) is 6.83. The van der Waals surface area contributed by atoms with Gasteiger partial charge in [-0.3, -0.25) is 4.79 Å². The summed E-state index contributed by atoms with van der Waals surface area (Å²) in [5.41, 5.74) is 4.57. The first kappa shape index (κ1) is 17.5. The lowest BCUT2D eigenvalue weighted by Gasteiger charge is -2.34. The van der Waals surface area contributed by atoms with Crippen molar-refractivity contribution in [1.29, 1.82) is 0 Å². The van der Waals surface area contributed by atoms with Gasteiger partial charge in [0.2, 0.25) is 5.91 Å². The van der Waals surface area contributed by atoms with Crippen molar-refractivity contribution in [2.24, 2.45) is 0 Å². The fraction of sp³-hybridized carbons (Fsp3) is 0.556. The van der Waals surface area contributed by atoms with Crippen LogP contribution < -0.4 is 5.32 Å². The Morgan fingerprint density at radius 2 is 1.92 bits per heavy atom. The number of piperazine rings is 1. The standard InChI is InChI=1S/C18H26N6O/c1-11-8-12(2)21-18(20-11)24-15(5)16(14(4)22-24)9-17(25)23-7-6-19-10-13(23)3/h8,13,19H,6-7,9-10H2,1-5H3. The van der Waals surface area contributed by atoms with Crippen LogP contribution in [0.5, 0.6) is 0 Å². The third-order valence-corrected chi connectivity index (χ3v) is 4.75. The van der Waals surface area contributed by atoms with Crippen LogP contribution in [0.4, 0.5) is 0 Å². The quantitative estimate of drug-likeness (QED) is 0.909. The molecule has 1 aliphatic rings. The van der Waals surface area contributed by atoms with Crippen molar-refractivity contribution in [3.05, 3.63) is 34.4 Å². The van der Waals surface area contributed by atoms with Crippen molar-refractivity contribution < 1.29 is 4.79 Å². The van der Waals surface area contributed by atoms with Crippen molar-refractivity contribution in [3.63, 3.8) is 0 Å². The van der Waals surface area contributed by atoms with Crippen LogP contribution in [-0.4, -0.2) is 56.2 Å². The number of nitrogens with zero attached hydrogens (tertiary/aromatic N) is 5. The zero-order valence-electron chi connectivity index (χ0n) is 15.6. The number of nitrogens with one attached hydrogen (secondary N) is 1. The van der Waals surface area contributed by atoms with Gasteiger partial charge in [0.25, 0.3) is 5.95 Å². The highest BCUT2D eigenvalue weighted by Crippen LogP contribution is 2.18. The van der Waals surface area contributed by atoms with Gasteiger partial charge in [-0.15, -0.1) is 0 Å². The SMILES string of the molecule is Cc1cc(C)nc(-n2nc(C)c(CC(=O)N3CCNCC3C)c2C)n1. The van der Waals surface area contributed by atoms with Crippen molar-refractivity contribution in [1.82, 2.24) is 30.0 Å². The van der Waals surface area contributed by atoms with Gasteiger partial charge in [0.1, 0.15) is 0 Å². The van der Waals surface area contributed by atoms with Gasteiger partial charge < -0.3 is 10.2 Å². The number of aryl methyl sites for hydroxylation is 3. The number of amides is 1. The lowest BCUT2D eigenvalue weighted by molar-refractivity contribution is -0.133. The van der Waals surface area contributed by atoms with E-state index in [-0.39, 0.29) is 11.9 Å². The fourth-order valence-corrected chi connectivity index (χ4v) is 3.39. The summed E-state index contributed by atoms with van der Waals surface area (Å²) in [5.74, 6) is 0.716. The van der Waals surface area contributed by atoms with E-state index < -0.39 is 0 Å². The van der Waals surface area contributed by atoms with Crippen molar-refractivity contribution >= 4 is 5.91 Å². The molecular weight excluding hydrogens is 316 g/mol. The molecule has 134 valence electrons. The maximum absolute atomic E-state index is 12.8. The molecule has 0 bridgehead atoms. The average Bonchev–Trinajstić information content (AvgIpc) is 2.82. The molecule has 0 saturated carbocycles. The summed E-state index contributed by atoms with van der Waals surface area (Å²) in [7, 11) is 0. The minimum Gasteiger partial charge on any atom is -0.337 e. The smallest absolute Gasteiger partial charge is 0.251 e. The van der Waals surface area contributed by atoms with Gasteiger partial charge in [0.05, 0.1) is 12.1 Å². The van der Waals surface area contributed by atoms with E-state index in [0.29, 0.717) is 12.4 Å². The first-order valence-electron chi connectivity index (χ1n) is 8.74. The Balaban J connectivity index is 1.88. The van der Waals surface area contributed by atoms with Crippen LogP contribution in [0.15, 0.2) is 6.07 Å². The molecule has 1 unspecified atom stereocenters. The van der Waals surface area contributed by atoms with Crippen LogP contribution >= 0.6 is 0 Å². The average molecular weight is 342 g/mol. The fourth-order valence-electron chi connectivity index (χ4n) is 3.39. The van der Waals surface area contributed by atoms with Gasteiger partial charge in [0, 0.05) is 48.3 Å². The van der Waals surface area contributed by atoms with Gasteiger partial charge in [0.15, 0.2) is 0 Å². The Labute approximate surface area is 148 Å². The second-order valence-electron chi connectivity index (χ2n) is 6.83. The Hall–Kier alpha value is -2.28. The van der Waals surface area contributed by atoms with Crippen molar-refractivity contribution in [3.8, 4) is 5.95 Å². The summed E-state index contributed by atoms with van der Waals surface area (Å²) in [5, 5.41) is 7.90. The lowest BCUT2D eigenvalue weighted by atomic mass is 10.1. The zero-order chi connectivity index (χ0) is 18.1. The third kappa shape index (κ3) is 3.56. The summed E-state index contributed by atoms with van der Waals surface area (Å²) in [6.45, 7) is 12.3. The van der Waals surface area contributed by atoms with E-state index in [9.17, 15) is 4.79 Å². The summed E-state index contributed by atoms with van der Waals surface area (Å²) < 4.78 is 1.75. The monoisotopic (exact) mass is 342 g/mol. The van der Waals surface area contributed by atoms with E-state index in [1.165, 1.54) is 0 Å². The molecule has 1 amide bonds. The van der Waals surface area contributed by atoms with Gasteiger partial charge in [-0.25, -0.2) is 14.6 Å². The second kappa shape index (κ2) is 6.92. The number of aromatic nitrogens is 4. The summed E-state index contributed by atoms with van der Waals surface area (Å²) in [6, 6.07) is 2.16. The predicted octanol–water partition coefficient (Wildman–Crippen LogP) is 1.26. The highest BCUT2D eigenvalue weighted by molar-refractivity contribution is 5.79. The molecule has 1 N–H and O–H groups in total. The van der Waals surface area contributed by atoms with Crippen LogP contribution in [0.25, 0.3) is 5.95 Å². The molecule has 3 rings (SSSR count). The van der Waals surface area contributed by atoms with E-state index in [1.807, 2.05) is 38.7 Å². The van der Waals surface area contributed by atoms with E-state index >= 15 is 0 Å². The molecule has 1 atom stereocenters. The molecule has 2 aromatic rings. The van der Waals surface area contributed by atoms with Crippen LogP contribution in [-0.2, 0) is 11.2 Å².